The van der Waals surface area contributed by atoms with Crippen molar-refractivity contribution in [3.05, 3.63) is 23.5 Å². The number of methoxy groups -OCH3 is 2. The number of rotatable bonds is 9. The molecule has 0 saturated heterocycles. The Morgan fingerprint density at radius 3 is 2.24 bits per heavy atom. The third kappa shape index (κ3) is 5.92. The predicted octanol–water partition coefficient (Wildman–Crippen LogP) is 3.80. The minimum atomic E-state index is -0.222. The first-order chi connectivity index (χ1) is 9.97. The van der Waals surface area contributed by atoms with Gasteiger partial charge < -0.3 is 14.8 Å². The molecule has 0 aliphatic carbocycles. The third-order valence-corrected chi connectivity index (χ3v) is 3.65. The van der Waals surface area contributed by atoms with E-state index in [9.17, 15) is 4.39 Å². The fraction of sp³-hybridized carbons (Fsp3) is 0.647. The molecule has 1 unspecified atom stereocenters. The van der Waals surface area contributed by atoms with Crippen LogP contribution in [0, 0.1) is 11.7 Å². The predicted molar refractivity (Wildman–Crippen MR) is 84.7 cm³/mol. The van der Waals surface area contributed by atoms with Gasteiger partial charge in [0.1, 0.15) is 5.82 Å². The van der Waals surface area contributed by atoms with Crippen molar-refractivity contribution in [1.29, 1.82) is 0 Å². The standard InChI is InChI=1S/C17H28FNO2/c1-12(2)19-9-8-13(3)6-7-14-10-16(20-4)17(21-5)11-15(14)18/h10-13,19H,6-9H2,1-5H3. The van der Waals surface area contributed by atoms with Crippen molar-refractivity contribution in [2.24, 2.45) is 5.92 Å². The molecule has 0 spiro atoms. The van der Waals surface area contributed by atoms with Crippen LogP contribution in [-0.2, 0) is 6.42 Å². The summed E-state index contributed by atoms with van der Waals surface area (Å²) in [7, 11) is 3.08. The molecule has 120 valence electrons. The summed E-state index contributed by atoms with van der Waals surface area (Å²) in [5, 5.41) is 3.41. The lowest BCUT2D eigenvalue weighted by Crippen LogP contribution is -2.25. The SMILES string of the molecule is COc1cc(F)c(CCC(C)CCNC(C)C)cc1OC. The Labute approximate surface area is 127 Å². The van der Waals surface area contributed by atoms with Gasteiger partial charge in [0.15, 0.2) is 11.5 Å². The molecule has 0 fully saturated rings. The first-order valence-corrected chi connectivity index (χ1v) is 7.61. The Bertz CT molecular complexity index is 435. The van der Waals surface area contributed by atoms with Crippen LogP contribution in [0.3, 0.4) is 0 Å². The normalized spacial score (nSPS) is 12.5. The number of hydrogen-bond acceptors (Lipinski definition) is 3. The first kappa shape index (κ1) is 17.8. The van der Waals surface area contributed by atoms with Crippen LogP contribution >= 0.6 is 0 Å². The van der Waals surface area contributed by atoms with E-state index in [0.717, 1.165) is 25.8 Å². The molecule has 3 nitrogen and oxygen atoms in total. The summed E-state index contributed by atoms with van der Waals surface area (Å²) in [6, 6.07) is 3.66. The second kappa shape index (κ2) is 8.88. The van der Waals surface area contributed by atoms with Crippen LogP contribution in [0.4, 0.5) is 4.39 Å². The van der Waals surface area contributed by atoms with Gasteiger partial charge in [0.2, 0.25) is 0 Å². The Morgan fingerprint density at radius 1 is 1.05 bits per heavy atom. The first-order valence-electron chi connectivity index (χ1n) is 7.61. The number of halogens is 1. The number of aryl methyl sites for hydroxylation is 1. The van der Waals surface area contributed by atoms with Gasteiger partial charge in [0, 0.05) is 12.1 Å². The van der Waals surface area contributed by atoms with Crippen LogP contribution in [0.15, 0.2) is 12.1 Å². The monoisotopic (exact) mass is 297 g/mol. The number of benzene rings is 1. The van der Waals surface area contributed by atoms with Gasteiger partial charge in [-0.1, -0.05) is 20.8 Å². The lowest BCUT2D eigenvalue weighted by atomic mass is 9.97. The Hall–Kier alpha value is -1.29. The Kier molecular flexibility index (Phi) is 7.51. The summed E-state index contributed by atoms with van der Waals surface area (Å²) in [5.74, 6) is 1.36. The van der Waals surface area contributed by atoms with Crippen molar-refractivity contribution < 1.29 is 13.9 Å². The summed E-state index contributed by atoms with van der Waals surface area (Å²) in [5.41, 5.74) is 0.691. The van der Waals surface area contributed by atoms with Crippen molar-refractivity contribution >= 4 is 0 Å². The minimum absolute atomic E-state index is 0.222. The zero-order valence-electron chi connectivity index (χ0n) is 13.8. The largest absolute Gasteiger partial charge is 0.493 e. The molecule has 0 radical (unpaired) electrons. The third-order valence-electron chi connectivity index (χ3n) is 3.65. The van der Waals surface area contributed by atoms with Crippen LogP contribution in [0.1, 0.15) is 39.2 Å². The molecule has 0 heterocycles. The van der Waals surface area contributed by atoms with Crippen molar-refractivity contribution in [2.45, 2.75) is 46.1 Å². The van der Waals surface area contributed by atoms with Crippen LogP contribution in [-0.4, -0.2) is 26.8 Å². The summed E-state index contributed by atoms with van der Waals surface area (Å²) >= 11 is 0. The van der Waals surface area contributed by atoms with Crippen LogP contribution in [0.2, 0.25) is 0 Å². The highest BCUT2D eigenvalue weighted by molar-refractivity contribution is 5.43. The van der Waals surface area contributed by atoms with E-state index in [-0.39, 0.29) is 5.82 Å². The van der Waals surface area contributed by atoms with Gasteiger partial charge in [-0.05, 0) is 43.4 Å². The fourth-order valence-electron chi connectivity index (χ4n) is 2.25. The minimum Gasteiger partial charge on any atom is -0.493 e. The highest BCUT2D eigenvalue weighted by Gasteiger charge is 2.12. The lowest BCUT2D eigenvalue weighted by molar-refractivity contribution is 0.351. The molecule has 1 rings (SSSR count). The van der Waals surface area contributed by atoms with E-state index in [1.54, 1.807) is 13.2 Å². The molecule has 21 heavy (non-hydrogen) atoms. The number of nitrogens with one attached hydrogen (secondary N) is 1. The van der Waals surface area contributed by atoms with Crippen LogP contribution < -0.4 is 14.8 Å². The molecule has 0 aromatic heterocycles. The molecule has 0 aliphatic rings. The maximum atomic E-state index is 14.0. The lowest BCUT2D eigenvalue weighted by Gasteiger charge is -2.15. The highest BCUT2D eigenvalue weighted by atomic mass is 19.1. The average Bonchev–Trinajstić information content (AvgIpc) is 2.45. The van der Waals surface area contributed by atoms with E-state index in [1.807, 2.05) is 0 Å². The smallest absolute Gasteiger partial charge is 0.163 e. The van der Waals surface area contributed by atoms with E-state index >= 15 is 0 Å². The average molecular weight is 297 g/mol. The molecule has 0 amide bonds. The number of ether oxygens (including phenoxy) is 2. The molecule has 1 N–H and O–H groups in total. The van der Waals surface area contributed by atoms with Crippen molar-refractivity contribution in [3.63, 3.8) is 0 Å². The quantitative estimate of drug-likeness (QED) is 0.752. The van der Waals surface area contributed by atoms with Crippen molar-refractivity contribution in [3.8, 4) is 11.5 Å². The van der Waals surface area contributed by atoms with Gasteiger partial charge in [-0.3, -0.25) is 0 Å². The van der Waals surface area contributed by atoms with Gasteiger partial charge in [0.05, 0.1) is 14.2 Å². The summed E-state index contributed by atoms with van der Waals surface area (Å²) in [6.45, 7) is 7.50. The van der Waals surface area contributed by atoms with Gasteiger partial charge >= 0.3 is 0 Å². The van der Waals surface area contributed by atoms with E-state index in [1.165, 1.54) is 13.2 Å². The second-order valence-corrected chi connectivity index (χ2v) is 5.84. The molecular weight excluding hydrogens is 269 g/mol. The summed E-state index contributed by atoms with van der Waals surface area (Å²) < 4.78 is 24.3. The molecule has 1 atom stereocenters. The molecule has 0 aliphatic heterocycles. The fourth-order valence-corrected chi connectivity index (χ4v) is 2.25. The molecule has 4 heteroatoms. The van der Waals surface area contributed by atoms with E-state index in [0.29, 0.717) is 29.0 Å². The number of hydrogen-bond donors (Lipinski definition) is 1. The topological polar surface area (TPSA) is 30.5 Å². The molecule has 0 saturated carbocycles. The van der Waals surface area contributed by atoms with Gasteiger partial charge in [-0.2, -0.15) is 0 Å². The molecule has 1 aromatic carbocycles. The van der Waals surface area contributed by atoms with Gasteiger partial charge in [-0.15, -0.1) is 0 Å². The van der Waals surface area contributed by atoms with Crippen LogP contribution in [0.5, 0.6) is 11.5 Å². The maximum absolute atomic E-state index is 14.0. The Morgan fingerprint density at radius 2 is 1.67 bits per heavy atom. The van der Waals surface area contributed by atoms with E-state index in [4.69, 9.17) is 9.47 Å². The molecule has 1 aromatic rings. The van der Waals surface area contributed by atoms with Crippen molar-refractivity contribution in [2.75, 3.05) is 20.8 Å². The Balaban J connectivity index is 2.54. The zero-order valence-corrected chi connectivity index (χ0v) is 13.8. The van der Waals surface area contributed by atoms with Crippen LogP contribution in [0.25, 0.3) is 0 Å². The van der Waals surface area contributed by atoms with E-state index in [2.05, 4.69) is 26.1 Å². The molecule has 0 bridgehead atoms. The van der Waals surface area contributed by atoms with Gasteiger partial charge in [-0.25, -0.2) is 4.39 Å². The zero-order chi connectivity index (χ0) is 15.8. The highest BCUT2D eigenvalue weighted by Crippen LogP contribution is 2.30. The van der Waals surface area contributed by atoms with E-state index < -0.39 is 0 Å². The summed E-state index contributed by atoms with van der Waals surface area (Å²) in [4.78, 5) is 0. The van der Waals surface area contributed by atoms with Gasteiger partial charge in [0.25, 0.3) is 0 Å². The maximum Gasteiger partial charge on any atom is 0.163 e. The second-order valence-electron chi connectivity index (χ2n) is 5.84. The van der Waals surface area contributed by atoms with Crippen molar-refractivity contribution in [1.82, 2.24) is 5.32 Å². The summed E-state index contributed by atoms with van der Waals surface area (Å²) in [6.07, 6.45) is 2.79. The molecular formula is C17H28FNO2.